The van der Waals surface area contributed by atoms with E-state index >= 15 is 0 Å². The van der Waals surface area contributed by atoms with E-state index in [1.54, 1.807) is 25.1 Å². The molecule has 0 bridgehead atoms. The van der Waals surface area contributed by atoms with Gasteiger partial charge in [0, 0.05) is 22.6 Å². The lowest BCUT2D eigenvalue weighted by Gasteiger charge is -2.26. The molecule has 0 fully saturated rings. The minimum absolute atomic E-state index is 0.0182. The second-order valence-electron chi connectivity index (χ2n) is 9.34. The molecule has 0 amide bonds. The van der Waals surface area contributed by atoms with Crippen molar-refractivity contribution in [3.05, 3.63) is 100 Å². The van der Waals surface area contributed by atoms with Crippen molar-refractivity contribution < 1.29 is 27.8 Å². The molecule has 198 valence electrons. The van der Waals surface area contributed by atoms with Gasteiger partial charge in [-0.05, 0) is 55.3 Å². The Morgan fingerprint density at radius 3 is 2.59 bits per heavy atom. The summed E-state index contributed by atoms with van der Waals surface area (Å²) in [4.78, 5) is 12.9. The predicted molar refractivity (Wildman–Crippen MR) is 143 cm³/mol. The maximum absolute atomic E-state index is 13.7. The summed E-state index contributed by atoms with van der Waals surface area (Å²) in [5, 5.41) is 10.3. The van der Waals surface area contributed by atoms with E-state index in [1.807, 2.05) is 24.3 Å². The van der Waals surface area contributed by atoms with Crippen LogP contribution in [-0.4, -0.2) is 12.6 Å². The summed E-state index contributed by atoms with van der Waals surface area (Å²) < 4.78 is 36.4. The number of esters is 1. The number of fused-ring (bicyclic) bond motifs is 2. The first-order chi connectivity index (χ1) is 18.9. The number of benzene rings is 3. The fourth-order valence-electron chi connectivity index (χ4n) is 4.68. The summed E-state index contributed by atoms with van der Waals surface area (Å²) >= 11 is 0. The summed E-state index contributed by atoms with van der Waals surface area (Å²) in [5.74, 6) is -0.341. The number of nitrogens with zero attached hydrogens (tertiary/aromatic N) is 1. The van der Waals surface area contributed by atoms with Gasteiger partial charge in [0.05, 0.1) is 12.5 Å². The number of rotatable bonds is 8. The van der Waals surface area contributed by atoms with E-state index in [0.29, 0.717) is 34.5 Å². The molecule has 0 saturated carbocycles. The lowest BCUT2D eigenvalue weighted by atomic mass is 9.83. The Balaban J connectivity index is 1.40. The average Bonchev–Trinajstić information content (AvgIpc) is 3.26. The molecule has 5 rings (SSSR count). The maximum atomic E-state index is 13.7. The quantitative estimate of drug-likeness (QED) is 0.151. The second kappa shape index (κ2) is 10.9. The third kappa shape index (κ3) is 5.16. The van der Waals surface area contributed by atoms with E-state index in [-0.39, 0.29) is 23.0 Å². The third-order valence-corrected chi connectivity index (χ3v) is 6.71. The highest BCUT2D eigenvalue weighted by molar-refractivity contribution is 5.96. The molecule has 0 spiro atoms. The van der Waals surface area contributed by atoms with Crippen molar-refractivity contribution in [1.82, 2.24) is 0 Å². The standard InChI is InChI=1S/C31H27FN2O5/c1-3-4-5-14-36-21-9-6-19(7-10-21)28-23-12-11-22(16-27(23)39-30(34)25(28)17-33)37-31(35)29-18(2)24-15-20(32)8-13-26(24)38-29/h6-13,15-16,28H,3-5,14,34H2,1-2H3. The van der Waals surface area contributed by atoms with E-state index in [4.69, 9.17) is 24.4 Å². The summed E-state index contributed by atoms with van der Waals surface area (Å²) in [6.07, 6.45) is 3.23. The fraction of sp³-hybridized carbons (Fsp3) is 0.226. The normalized spacial score (nSPS) is 14.5. The van der Waals surface area contributed by atoms with Crippen LogP contribution in [0, 0.1) is 24.1 Å². The molecule has 2 N–H and O–H groups in total. The van der Waals surface area contributed by atoms with Crippen molar-refractivity contribution in [2.75, 3.05) is 6.61 Å². The highest BCUT2D eigenvalue weighted by atomic mass is 19.1. The van der Waals surface area contributed by atoms with Gasteiger partial charge < -0.3 is 24.4 Å². The van der Waals surface area contributed by atoms with Gasteiger partial charge in [0.15, 0.2) is 0 Å². The SMILES string of the molecule is CCCCCOc1ccc(C2C(C#N)=C(N)Oc3cc(OC(=O)c4oc5ccc(F)cc5c4C)ccc32)cc1. The number of allylic oxidation sites excluding steroid dienone is 1. The van der Waals surface area contributed by atoms with Crippen molar-refractivity contribution in [3.63, 3.8) is 0 Å². The average molecular weight is 527 g/mol. The first-order valence-electron chi connectivity index (χ1n) is 12.7. The fourth-order valence-corrected chi connectivity index (χ4v) is 4.68. The van der Waals surface area contributed by atoms with Crippen LogP contribution in [0.5, 0.6) is 17.2 Å². The number of aryl methyl sites for hydroxylation is 1. The zero-order valence-electron chi connectivity index (χ0n) is 21.6. The first kappa shape index (κ1) is 25.9. The summed E-state index contributed by atoms with van der Waals surface area (Å²) in [6.45, 7) is 4.46. The van der Waals surface area contributed by atoms with E-state index in [9.17, 15) is 14.4 Å². The zero-order valence-corrected chi connectivity index (χ0v) is 21.6. The molecule has 1 atom stereocenters. The van der Waals surface area contributed by atoms with E-state index in [2.05, 4.69) is 13.0 Å². The minimum atomic E-state index is -0.729. The Kier molecular flexibility index (Phi) is 7.24. The number of nitrogens with two attached hydrogens (primary N) is 1. The Morgan fingerprint density at radius 1 is 1.08 bits per heavy atom. The number of nitriles is 1. The van der Waals surface area contributed by atoms with Gasteiger partial charge in [0.2, 0.25) is 11.6 Å². The largest absolute Gasteiger partial charge is 0.494 e. The molecule has 0 aliphatic carbocycles. The lowest BCUT2D eigenvalue weighted by molar-refractivity contribution is 0.0702. The topological polar surface area (TPSA) is 108 Å². The lowest BCUT2D eigenvalue weighted by Crippen LogP contribution is -2.21. The Labute approximate surface area is 225 Å². The van der Waals surface area contributed by atoms with Crippen LogP contribution in [0.2, 0.25) is 0 Å². The number of carbonyl (C=O) groups excluding carboxylic acids is 1. The molecule has 3 aromatic carbocycles. The van der Waals surface area contributed by atoms with Gasteiger partial charge in [-0.1, -0.05) is 38.0 Å². The highest BCUT2D eigenvalue weighted by Crippen LogP contribution is 2.43. The zero-order chi connectivity index (χ0) is 27.5. The molecule has 1 unspecified atom stereocenters. The second-order valence-corrected chi connectivity index (χ2v) is 9.34. The van der Waals surface area contributed by atoms with E-state index in [0.717, 1.165) is 30.6 Å². The van der Waals surface area contributed by atoms with Crippen LogP contribution < -0.4 is 19.9 Å². The number of halogens is 1. The van der Waals surface area contributed by atoms with Gasteiger partial charge in [0.25, 0.3) is 0 Å². The molecule has 8 heteroatoms. The van der Waals surface area contributed by atoms with Crippen molar-refractivity contribution in [2.45, 2.75) is 39.0 Å². The number of hydrogen-bond acceptors (Lipinski definition) is 7. The summed E-state index contributed by atoms with van der Waals surface area (Å²) in [5.41, 5.74) is 8.83. The number of hydrogen-bond donors (Lipinski definition) is 1. The molecule has 2 heterocycles. The van der Waals surface area contributed by atoms with Gasteiger partial charge >= 0.3 is 5.97 Å². The highest BCUT2D eigenvalue weighted by Gasteiger charge is 2.31. The molecule has 4 aromatic rings. The van der Waals surface area contributed by atoms with Crippen molar-refractivity contribution in [1.29, 1.82) is 5.26 Å². The maximum Gasteiger partial charge on any atom is 0.379 e. The Morgan fingerprint density at radius 2 is 1.85 bits per heavy atom. The molecule has 39 heavy (non-hydrogen) atoms. The van der Waals surface area contributed by atoms with Crippen LogP contribution in [-0.2, 0) is 0 Å². The van der Waals surface area contributed by atoms with Crippen LogP contribution in [0.4, 0.5) is 4.39 Å². The monoisotopic (exact) mass is 526 g/mol. The summed E-state index contributed by atoms with van der Waals surface area (Å²) in [7, 11) is 0. The predicted octanol–water partition coefficient (Wildman–Crippen LogP) is 6.89. The van der Waals surface area contributed by atoms with Crippen LogP contribution >= 0.6 is 0 Å². The van der Waals surface area contributed by atoms with Crippen molar-refractivity contribution >= 4 is 16.9 Å². The van der Waals surface area contributed by atoms with E-state index < -0.39 is 17.7 Å². The van der Waals surface area contributed by atoms with Gasteiger partial charge in [-0.15, -0.1) is 0 Å². The van der Waals surface area contributed by atoms with E-state index in [1.165, 1.54) is 18.2 Å². The Bertz CT molecular complexity index is 1610. The van der Waals surface area contributed by atoms with Crippen molar-refractivity contribution in [3.8, 4) is 23.3 Å². The van der Waals surface area contributed by atoms with Crippen molar-refractivity contribution in [2.24, 2.45) is 5.73 Å². The Hall–Kier alpha value is -4.77. The molecule has 1 aliphatic heterocycles. The first-order valence-corrected chi connectivity index (χ1v) is 12.7. The van der Waals surface area contributed by atoms with Gasteiger partial charge in [-0.25, -0.2) is 9.18 Å². The smallest absolute Gasteiger partial charge is 0.379 e. The molecule has 7 nitrogen and oxygen atoms in total. The molecular weight excluding hydrogens is 499 g/mol. The third-order valence-electron chi connectivity index (χ3n) is 6.71. The van der Waals surface area contributed by atoms with Crippen LogP contribution in [0.1, 0.15) is 59.3 Å². The molecule has 0 saturated heterocycles. The minimum Gasteiger partial charge on any atom is -0.494 e. The van der Waals surface area contributed by atoms with Crippen LogP contribution in [0.15, 0.2) is 76.5 Å². The molecule has 0 radical (unpaired) electrons. The van der Waals surface area contributed by atoms with Gasteiger partial charge in [0.1, 0.15) is 40.3 Å². The number of unbranched alkanes of at least 4 members (excludes halogenated alkanes) is 2. The van der Waals surface area contributed by atoms with Gasteiger partial charge in [-0.3, -0.25) is 0 Å². The number of ether oxygens (including phenoxy) is 3. The number of furan rings is 1. The van der Waals surface area contributed by atoms with Crippen LogP contribution in [0.3, 0.4) is 0 Å². The van der Waals surface area contributed by atoms with Gasteiger partial charge in [-0.2, -0.15) is 5.26 Å². The number of carbonyl (C=O) groups is 1. The summed E-state index contributed by atoms with van der Waals surface area (Å²) in [6, 6.07) is 18.7. The molecular formula is C31H27FN2O5. The van der Waals surface area contributed by atoms with Crippen LogP contribution in [0.25, 0.3) is 11.0 Å². The molecule has 1 aliphatic rings. The molecule has 1 aromatic heterocycles.